The van der Waals surface area contributed by atoms with Crippen LogP contribution in [0.1, 0.15) is 37.4 Å². The minimum Gasteiger partial charge on any atom is -0.387 e. The van der Waals surface area contributed by atoms with Crippen LogP contribution in [0.2, 0.25) is 0 Å². The highest BCUT2D eigenvalue weighted by Gasteiger charge is 2.40. The summed E-state index contributed by atoms with van der Waals surface area (Å²) in [6.45, 7) is 2.05. The molecule has 1 aromatic carbocycles. The Bertz CT molecular complexity index is 407. The quantitative estimate of drug-likeness (QED) is 0.884. The smallest absolute Gasteiger partial charge is 0.168 e. The van der Waals surface area contributed by atoms with Crippen molar-refractivity contribution in [1.82, 2.24) is 5.32 Å². The van der Waals surface area contributed by atoms with Gasteiger partial charge in [0.2, 0.25) is 0 Å². The lowest BCUT2D eigenvalue weighted by Crippen LogP contribution is -2.43. The summed E-state index contributed by atoms with van der Waals surface area (Å²) in [5, 5.41) is 13.6. The normalized spacial score (nSPS) is 24.1. The molecular formula is C16H23NO3. The van der Waals surface area contributed by atoms with E-state index in [-0.39, 0.29) is 5.79 Å². The lowest BCUT2D eigenvalue weighted by molar-refractivity contribution is -0.179. The van der Waals surface area contributed by atoms with Crippen molar-refractivity contribution in [3.63, 3.8) is 0 Å². The summed E-state index contributed by atoms with van der Waals surface area (Å²) < 4.78 is 11.5. The Balaban J connectivity index is 1.44. The van der Waals surface area contributed by atoms with Crippen LogP contribution in [0.5, 0.6) is 0 Å². The van der Waals surface area contributed by atoms with Crippen LogP contribution in [0, 0.1) is 0 Å². The molecule has 1 aromatic rings. The van der Waals surface area contributed by atoms with Gasteiger partial charge in [-0.1, -0.05) is 30.3 Å². The van der Waals surface area contributed by atoms with Crippen LogP contribution in [-0.4, -0.2) is 36.7 Å². The fourth-order valence-corrected chi connectivity index (χ4v) is 3.12. The van der Waals surface area contributed by atoms with Gasteiger partial charge >= 0.3 is 0 Å². The number of benzene rings is 1. The SMILES string of the molecule is OC(CNC1CCC2(CC1)OCCO2)c1ccccc1. The molecule has 0 amide bonds. The number of nitrogens with one attached hydrogen (secondary N) is 1. The van der Waals surface area contributed by atoms with Crippen LogP contribution in [0.3, 0.4) is 0 Å². The summed E-state index contributed by atoms with van der Waals surface area (Å²) >= 11 is 0. The van der Waals surface area contributed by atoms with Gasteiger partial charge in [-0.25, -0.2) is 0 Å². The van der Waals surface area contributed by atoms with E-state index in [2.05, 4.69) is 5.32 Å². The molecular weight excluding hydrogens is 254 g/mol. The summed E-state index contributed by atoms with van der Waals surface area (Å²) in [4.78, 5) is 0. The molecule has 0 radical (unpaired) electrons. The first-order valence-electron chi connectivity index (χ1n) is 7.52. The zero-order valence-electron chi connectivity index (χ0n) is 11.8. The number of ether oxygens (including phenoxy) is 2. The largest absolute Gasteiger partial charge is 0.387 e. The lowest BCUT2D eigenvalue weighted by atomic mass is 9.90. The van der Waals surface area contributed by atoms with E-state index < -0.39 is 6.10 Å². The van der Waals surface area contributed by atoms with E-state index in [1.165, 1.54) is 0 Å². The second kappa shape index (κ2) is 6.22. The number of rotatable bonds is 4. The third-order valence-corrected chi connectivity index (χ3v) is 4.35. The molecule has 20 heavy (non-hydrogen) atoms. The minimum absolute atomic E-state index is 0.295. The van der Waals surface area contributed by atoms with Crippen molar-refractivity contribution in [3.8, 4) is 0 Å². The van der Waals surface area contributed by atoms with Crippen molar-refractivity contribution in [2.75, 3.05) is 19.8 Å². The van der Waals surface area contributed by atoms with Crippen LogP contribution in [0.25, 0.3) is 0 Å². The highest BCUT2D eigenvalue weighted by Crippen LogP contribution is 2.35. The van der Waals surface area contributed by atoms with Gasteiger partial charge in [-0.3, -0.25) is 0 Å². The molecule has 1 atom stereocenters. The summed E-state index contributed by atoms with van der Waals surface area (Å²) in [7, 11) is 0. The van der Waals surface area contributed by atoms with Gasteiger partial charge in [0.15, 0.2) is 5.79 Å². The number of aliphatic hydroxyl groups excluding tert-OH is 1. The van der Waals surface area contributed by atoms with Crippen LogP contribution < -0.4 is 5.32 Å². The minimum atomic E-state index is -0.439. The Hall–Kier alpha value is -0.940. The van der Waals surface area contributed by atoms with Crippen LogP contribution in [0.15, 0.2) is 30.3 Å². The Kier molecular flexibility index (Phi) is 4.36. The number of hydrogen-bond donors (Lipinski definition) is 2. The van der Waals surface area contributed by atoms with Gasteiger partial charge in [0.05, 0.1) is 19.3 Å². The topological polar surface area (TPSA) is 50.7 Å². The van der Waals surface area contributed by atoms with Crippen molar-refractivity contribution in [2.45, 2.75) is 43.6 Å². The van der Waals surface area contributed by atoms with Crippen LogP contribution in [0.4, 0.5) is 0 Å². The Labute approximate surface area is 120 Å². The molecule has 2 fully saturated rings. The number of hydrogen-bond acceptors (Lipinski definition) is 4. The van der Waals surface area contributed by atoms with Crippen molar-refractivity contribution >= 4 is 0 Å². The number of aliphatic hydroxyl groups is 1. The molecule has 4 nitrogen and oxygen atoms in total. The molecule has 1 heterocycles. The third kappa shape index (κ3) is 3.20. The molecule has 110 valence electrons. The monoisotopic (exact) mass is 277 g/mol. The van der Waals surface area contributed by atoms with Crippen LogP contribution >= 0.6 is 0 Å². The predicted molar refractivity (Wildman–Crippen MR) is 76.3 cm³/mol. The molecule has 1 saturated carbocycles. The average molecular weight is 277 g/mol. The lowest BCUT2D eigenvalue weighted by Gasteiger charge is -2.36. The zero-order valence-corrected chi connectivity index (χ0v) is 11.8. The molecule has 1 unspecified atom stereocenters. The fraction of sp³-hybridized carbons (Fsp3) is 0.625. The van der Waals surface area contributed by atoms with E-state index in [1.807, 2.05) is 30.3 Å². The van der Waals surface area contributed by atoms with E-state index in [9.17, 15) is 5.11 Å². The zero-order chi connectivity index (χ0) is 13.8. The van der Waals surface area contributed by atoms with Gasteiger partial charge < -0.3 is 19.9 Å². The molecule has 0 aromatic heterocycles. The van der Waals surface area contributed by atoms with Gasteiger partial charge in [-0.15, -0.1) is 0 Å². The van der Waals surface area contributed by atoms with Gasteiger partial charge in [0, 0.05) is 25.4 Å². The first-order valence-corrected chi connectivity index (χ1v) is 7.52. The van der Waals surface area contributed by atoms with E-state index in [0.29, 0.717) is 12.6 Å². The Morgan fingerprint density at radius 1 is 1.15 bits per heavy atom. The highest BCUT2D eigenvalue weighted by atomic mass is 16.7. The molecule has 2 N–H and O–H groups in total. The molecule has 0 bridgehead atoms. The van der Waals surface area contributed by atoms with E-state index >= 15 is 0 Å². The second-order valence-corrected chi connectivity index (χ2v) is 5.72. The standard InChI is InChI=1S/C16H23NO3/c18-15(13-4-2-1-3-5-13)12-17-14-6-8-16(9-7-14)19-10-11-20-16/h1-5,14-15,17-18H,6-12H2. The molecule has 2 aliphatic rings. The maximum atomic E-state index is 10.1. The molecule has 1 aliphatic carbocycles. The first kappa shape index (κ1) is 14.0. The summed E-state index contributed by atoms with van der Waals surface area (Å²) in [5.41, 5.74) is 0.967. The highest BCUT2D eigenvalue weighted by molar-refractivity contribution is 5.17. The Morgan fingerprint density at radius 3 is 2.45 bits per heavy atom. The van der Waals surface area contributed by atoms with E-state index in [1.54, 1.807) is 0 Å². The van der Waals surface area contributed by atoms with Gasteiger partial charge in [-0.05, 0) is 18.4 Å². The van der Waals surface area contributed by atoms with Crippen molar-refractivity contribution in [3.05, 3.63) is 35.9 Å². The van der Waals surface area contributed by atoms with Crippen molar-refractivity contribution < 1.29 is 14.6 Å². The average Bonchev–Trinajstić information content (AvgIpc) is 2.96. The van der Waals surface area contributed by atoms with Gasteiger partial charge in [0.25, 0.3) is 0 Å². The van der Waals surface area contributed by atoms with Gasteiger partial charge in [-0.2, -0.15) is 0 Å². The predicted octanol–water partition coefficient (Wildman–Crippen LogP) is 2.00. The van der Waals surface area contributed by atoms with Gasteiger partial charge in [0.1, 0.15) is 0 Å². The van der Waals surface area contributed by atoms with E-state index in [4.69, 9.17) is 9.47 Å². The summed E-state index contributed by atoms with van der Waals surface area (Å²) in [6.07, 6.45) is 3.55. The van der Waals surface area contributed by atoms with Crippen LogP contribution in [-0.2, 0) is 9.47 Å². The summed E-state index contributed by atoms with van der Waals surface area (Å²) in [6, 6.07) is 10.2. The molecule has 1 spiro atoms. The second-order valence-electron chi connectivity index (χ2n) is 5.72. The van der Waals surface area contributed by atoms with Crippen molar-refractivity contribution in [2.24, 2.45) is 0 Å². The molecule has 3 rings (SSSR count). The maximum absolute atomic E-state index is 10.1. The third-order valence-electron chi connectivity index (χ3n) is 4.35. The van der Waals surface area contributed by atoms with E-state index in [0.717, 1.165) is 44.5 Å². The molecule has 4 heteroatoms. The fourth-order valence-electron chi connectivity index (χ4n) is 3.12. The maximum Gasteiger partial charge on any atom is 0.168 e. The first-order chi connectivity index (χ1) is 9.77. The summed E-state index contributed by atoms with van der Waals surface area (Å²) in [5.74, 6) is -0.295. The Morgan fingerprint density at radius 2 is 1.80 bits per heavy atom. The molecule has 1 saturated heterocycles. The molecule has 1 aliphatic heterocycles. The van der Waals surface area contributed by atoms with Crippen molar-refractivity contribution in [1.29, 1.82) is 0 Å².